The van der Waals surface area contributed by atoms with Crippen LogP contribution in [0.2, 0.25) is 0 Å². The molecule has 1 aromatic rings. The zero-order valence-corrected chi connectivity index (χ0v) is 8.31. The molecule has 74 valence electrons. The third kappa shape index (κ3) is 2.12. The van der Waals surface area contributed by atoms with E-state index in [0.29, 0.717) is 5.69 Å². The van der Waals surface area contributed by atoms with Crippen molar-refractivity contribution < 1.29 is 9.53 Å². The first-order valence-electron chi connectivity index (χ1n) is 4.03. The van der Waals surface area contributed by atoms with E-state index in [9.17, 15) is 4.79 Å². The van der Waals surface area contributed by atoms with E-state index in [1.165, 1.54) is 7.11 Å². The van der Waals surface area contributed by atoms with Crippen LogP contribution in [-0.2, 0) is 4.74 Å². The lowest BCUT2D eigenvalue weighted by molar-refractivity contribution is 0.0586. The molecule has 0 fully saturated rings. The lowest BCUT2D eigenvalue weighted by Crippen LogP contribution is -2.09. The van der Waals surface area contributed by atoms with E-state index in [-0.39, 0.29) is 5.82 Å². The van der Waals surface area contributed by atoms with Gasteiger partial charge in [-0.15, -0.1) is 0 Å². The largest absolute Gasteiger partial charge is 0.463 e. The minimum Gasteiger partial charge on any atom is -0.463 e. The summed E-state index contributed by atoms with van der Waals surface area (Å²) in [5.41, 5.74) is 1.49. The van der Waals surface area contributed by atoms with Gasteiger partial charge in [0.1, 0.15) is 0 Å². The predicted molar refractivity (Wildman–Crippen MR) is 51.6 cm³/mol. The van der Waals surface area contributed by atoms with Gasteiger partial charge in [0.15, 0.2) is 0 Å². The highest BCUT2D eigenvalue weighted by Crippen LogP contribution is 2.01. The Balaban J connectivity index is 3.06. The zero-order chi connectivity index (χ0) is 10.6. The average molecular weight is 193 g/mol. The second-order valence-electron chi connectivity index (χ2n) is 2.61. The Kier molecular flexibility index (Phi) is 3.28. The number of carbonyl (C=O) groups excluding carboxylic acids is 1. The molecule has 0 aromatic carbocycles. The van der Waals surface area contributed by atoms with Crippen LogP contribution in [0.4, 0.5) is 0 Å². The fourth-order valence-electron chi connectivity index (χ4n) is 0.932. The maximum atomic E-state index is 11.1. The number of aryl methyl sites for hydroxylation is 1. The molecule has 0 unspecified atom stereocenters. The first-order valence-corrected chi connectivity index (χ1v) is 4.03. The van der Waals surface area contributed by atoms with Crippen LogP contribution < -0.4 is 0 Å². The average Bonchev–Trinajstić information content (AvgIpc) is 2.20. The van der Waals surface area contributed by atoms with E-state index in [1.807, 2.05) is 0 Å². The van der Waals surface area contributed by atoms with E-state index < -0.39 is 5.97 Å². The van der Waals surface area contributed by atoms with Crippen molar-refractivity contribution in [3.05, 3.63) is 23.3 Å². The molecule has 0 radical (unpaired) electrons. The molecule has 5 heteroatoms. The number of aromatic nitrogens is 2. The molecule has 14 heavy (non-hydrogen) atoms. The Bertz CT molecular complexity index is 374. The molecule has 0 aliphatic carbocycles. The number of esters is 1. The Morgan fingerprint density at radius 2 is 2.36 bits per heavy atom. The van der Waals surface area contributed by atoms with E-state index in [2.05, 4.69) is 19.7 Å². The molecular formula is C9H11N3O2. The summed E-state index contributed by atoms with van der Waals surface area (Å²) < 4.78 is 4.49. The molecule has 0 saturated heterocycles. The summed E-state index contributed by atoms with van der Waals surface area (Å²) >= 11 is 0. The fourth-order valence-corrected chi connectivity index (χ4v) is 0.932. The van der Waals surface area contributed by atoms with Crippen LogP contribution in [0, 0.1) is 6.92 Å². The van der Waals surface area contributed by atoms with E-state index >= 15 is 0 Å². The lowest BCUT2D eigenvalue weighted by atomic mass is 10.2. The van der Waals surface area contributed by atoms with E-state index in [0.717, 1.165) is 5.56 Å². The van der Waals surface area contributed by atoms with Gasteiger partial charge < -0.3 is 4.74 Å². The van der Waals surface area contributed by atoms with Crippen molar-refractivity contribution in [1.82, 2.24) is 9.97 Å². The molecule has 1 heterocycles. The van der Waals surface area contributed by atoms with Gasteiger partial charge in [0.2, 0.25) is 5.82 Å². The molecule has 0 atom stereocenters. The highest BCUT2D eigenvalue weighted by atomic mass is 16.5. The number of hydrogen-bond donors (Lipinski definition) is 0. The lowest BCUT2D eigenvalue weighted by Gasteiger charge is -2.00. The summed E-state index contributed by atoms with van der Waals surface area (Å²) in [7, 11) is 2.95. The van der Waals surface area contributed by atoms with Gasteiger partial charge in [-0.1, -0.05) is 0 Å². The second kappa shape index (κ2) is 4.45. The van der Waals surface area contributed by atoms with Gasteiger partial charge in [-0.3, -0.25) is 4.99 Å². The molecule has 5 nitrogen and oxygen atoms in total. The zero-order valence-electron chi connectivity index (χ0n) is 8.31. The van der Waals surface area contributed by atoms with Gasteiger partial charge in [0.05, 0.1) is 12.8 Å². The van der Waals surface area contributed by atoms with Gasteiger partial charge in [0, 0.05) is 25.0 Å². The SMILES string of the molecule is CN=Cc1cnc(C(=O)OC)nc1C. The van der Waals surface area contributed by atoms with Crippen LogP contribution in [-0.4, -0.2) is 36.3 Å². The van der Waals surface area contributed by atoms with Crippen molar-refractivity contribution in [2.75, 3.05) is 14.2 Å². The molecule has 0 amide bonds. The smallest absolute Gasteiger partial charge is 0.376 e. The summed E-state index contributed by atoms with van der Waals surface area (Å²) in [5.74, 6) is -0.466. The monoisotopic (exact) mass is 193 g/mol. The summed E-state index contributed by atoms with van der Waals surface area (Å²) in [4.78, 5) is 22.7. The van der Waals surface area contributed by atoms with Crippen LogP contribution >= 0.6 is 0 Å². The van der Waals surface area contributed by atoms with Gasteiger partial charge in [-0.25, -0.2) is 14.8 Å². The quantitative estimate of drug-likeness (QED) is 0.510. The summed E-state index contributed by atoms with van der Waals surface area (Å²) in [6, 6.07) is 0. The summed E-state index contributed by atoms with van der Waals surface area (Å²) in [6.07, 6.45) is 3.18. The van der Waals surface area contributed by atoms with Crippen molar-refractivity contribution in [2.45, 2.75) is 6.92 Å². The maximum Gasteiger partial charge on any atom is 0.376 e. The Morgan fingerprint density at radius 3 is 2.86 bits per heavy atom. The fraction of sp³-hybridized carbons (Fsp3) is 0.333. The molecule has 0 aliphatic heterocycles. The van der Waals surface area contributed by atoms with Crippen molar-refractivity contribution in [3.63, 3.8) is 0 Å². The number of carbonyl (C=O) groups is 1. The van der Waals surface area contributed by atoms with E-state index in [4.69, 9.17) is 0 Å². The molecule has 0 N–H and O–H groups in total. The molecular weight excluding hydrogens is 182 g/mol. The van der Waals surface area contributed by atoms with Crippen molar-refractivity contribution in [3.8, 4) is 0 Å². The molecule has 0 bridgehead atoms. The molecule has 0 saturated carbocycles. The standard InChI is InChI=1S/C9H11N3O2/c1-6-7(4-10-2)5-11-8(12-6)9(13)14-3/h4-5H,1-3H3. The molecule has 1 aromatic heterocycles. The highest BCUT2D eigenvalue weighted by Gasteiger charge is 2.09. The predicted octanol–water partition coefficient (Wildman–Crippen LogP) is 0.620. The second-order valence-corrected chi connectivity index (χ2v) is 2.61. The van der Waals surface area contributed by atoms with E-state index in [1.54, 1.807) is 26.4 Å². The third-order valence-electron chi connectivity index (χ3n) is 1.65. The number of methoxy groups -OCH3 is 1. The first-order chi connectivity index (χ1) is 6.69. The highest BCUT2D eigenvalue weighted by molar-refractivity contribution is 5.86. The van der Waals surface area contributed by atoms with Crippen LogP contribution in [0.15, 0.2) is 11.2 Å². The van der Waals surface area contributed by atoms with Crippen molar-refractivity contribution in [2.24, 2.45) is 4.99 Å². The number of aliphatic imine (C=N–C) groups is 1. The van der Waals surface area contributed by atoms with Crippen LogP contribution in [0.1, 0.15) is 21.9 Å². The number of hydrogen-bond acceptors (Lipinski definition) is 5. The number of rotatable bonds is 2. The van der Waals surface area contributed by atoms with Crippen LogP contribution in [0.25, 0.3) is 0 Å². The number of ether oxygens (including phenoxy) is 1. The van der Waals surface area contributed by atoms with Gasteiger partial charge in [0.25, 0.3) is 0 Å². The normalized spacial score (nSPS) is 10.5. The van der Waals surface area contributed by atoms with Crippen molar-refractivity contribution >= 4 is 12.2 Å². The van der Waals surface area contributed by atoms with Crippen molar-refractivity contribution in [1.29, 1.82) is 0 Å². The minimum atomic E-state index is -0.534. The van der Waals surface area contributed by atoms with Crippen LogP contribution in [0.3, 0.4) is 0 Å². The third-order valence-corrected chi connectivity index (χ3v) is 1.65. The van der Waals surface area contributed by atoms with Gasteiger partial charge in [-0.2, -0.15) is 0 Å². The van der Waals surface area contributed by atoms with Gasteiger partial charge in [-0.05, 0) is 6.92 Å². The Labute approximate surface area is 81.9 Å². The number of nitrogens with zero attached hydrogens (tertiary/aromatic N) is 3. The van der Waals surface area contributed by atoms with Gasteiger partial charge >= 0.3 is 5.97 Å². The Hall–Kier alpha value is -1.78. The minimum absolute atomic E-state index is 0.0678. The maximum absolute atomic E-state index is 11.1. The van der Waals surface area contributed by atoms with Crippen LogP contribution in [0.5, 0.6) is 0 Å². The Morgan fingerprint density at radius 1 is 1.64 bits per heavy atom. The molecule has 0 spiro atoms. The molecule has 1 rings (SSSR count). The summed E-state index contributed by atoms with van der Waals surface area (Å²) in [6.45, 7) is 1.78. The summed E-state index contributed by atoms with van der Waals surface area (Å²) in [5, 5.41) is 0. The first kappa shape index (κ1) is 10.3. The topological polar surface area (TPSA) is 64.4 Å². The molecule has 0 aliphatic rings.